The summed E-state index contributed by atoms with van der Waals surface area (Å²) in [6, 6.07) is 21.7. The summed E-state index contributed by atoms with van der Waals surface area (Å²) in [5.41, 5.74) is 5.08. The second-order valence-electron chi connectivity index (χ2n) is 9.53. The van der Waals surface area contributed by atoms with Crippen molar-refractivity contribution in [1.29, 1.82) is 0 Å². The Morgan fingerprint density at radius 3 is 2.41 bits per heavy atom. The standard InChI is InChI=1S/C30H34O7/c1-3-23-10-11-25(19-24(23)17-22-9-12-26-27(18-22)35-16-15-34-26)29(33-2)14-13-28(30(31,32)37-29)36-20-21-7-5-4-6-8-21/h4-12,18-19,28,31-32H,3,13-17,20H2,1-2H3. The lowest BCUT2D eigenvalue weighted by Gasteiger charge is -2.45. The summed E-state index contributed by atoms with van der Waals surface area (Å²) in [5.74, 6) is -2.31. The van der Waals surface area contributed by atoms with Gasteiger partial charge in [-0.25, -0.2) is 0 Å². The number of hydrogen-bond donors (Lipinski definition) is 2. The van der Waals surface area contributed by atoms with E-state index in [1.165, 1.54) is 12.7 Å². The summed E-state index contributed by atoms with van der Waals surface area (Å²) in [7, 11) is 1.52. The van der Waals surface area contributed by atoms with Crippen LogP contribution in [0.5, 0.6) is 11.5 Å². The second-order valence-corrected chi connectivity index (χ2v) is 9.53. The molecule has 2 aliphatic heterocycles. The molecule has 3 aromatic rings. The van der Waals surface area contributed by atoms with Crippen LogP contribution in [0.25, 0.3) is 0 Å². The molecule has 5 rings (SSSR count). The van der Waals surface area contributed by atoms with E-state index >= 15 is 0 Å². The Morgan fingerprint density at radius 1 is 0.892 bits per heavy atom. The van der Waals surface area contributed by atoms with Gasteiger partial charge in [-0.2, -0.15) is 0 Å². The number of rotatable bonds is 8. The van der Waals surface area contributed by atoms with Crippen LogP contribution in [0.3, 0.4) is 0 Å². The van der Waals surface area contributed by atoms with E-state index in [-0.39, 0.29) is 6.61 Å². The molecule has 1 saturated heterocycles. The molecule has 196 valence electrons. The lowest BCUT2D eigenvalue weighted by molar-refractivity contribution is -0.474. The van der Waals surface area contributed by atoms with E-state index in [2.05, 4.69) is 13.0 Å². The molecular formula is C30H34O7. The van der Waals surface area contributed by atoms with Gasteiger partial charge in [0.1, 0.15) is 19.3 Å². The van der Waals surface area contributed by atoms with Gasteiger partial charge in [0.05, 0.1) is 6.61 Å². The maximum Gasteiger partial charge on any atom is 0.308 e. The largest absolute Gasteiger partial charge is 0.486 e. The third-order valence-electron chi connectivity index (χ3n) is 7.12. The van der Waals surface area contributed by atoms with E-state index in [4.69, 9.17) is 23.7 Å². The molecule has 2 aliphatic rings. The van der Waals surface area contributed by atoms with Gasteiger partial charge < -0.3 is 29.2 Å². The first-order valence-corrected chi connectivity index (χ1v) is 12.8. The summed E-state index contributed by atoms with van der Waals surface area (Å²) < 4.78 is 29.0. The van der Waals surface area contributed by atoms with E-state index in [0.29, 0.717) is 32.5 Å². The van der Waals surface area contributed by atoms with Gasteiger partial charge in [0, 0.05) is 19.1 Å². The Kier molecular flexibility index (Phi) is 7.51. The molecule has 3 aromatic carbocycles. The summed E-state index contributed by atoms with van der Waals surface area (Å²) in [6.07, 6.45) is 1.38. The van der Waals surface area contributed by atoms with Crippen LogP contribution in [0.1, 0.15) is 47.6 Å². The number of aliphatic hydroxyl groups is 2. The predicted octanol–water partition coefficient (Wildman–Crippen LogP) is 4.44. The van der Waals surface area contributed by atoms with Crippen molar-refractivity contribution in [2.45, 2.75) is 57.1 Å². The van der Waals surface area contributed by atoms with E-state index in [0.717, 1.165) is 40.2 Å². The Bertz CT molecular complexity index is 1210. The SMILES string of the molecule is CCc1ccc(C2(OC)CCC(OCc3ccccc3)C(O)(O)O2)cc1Cc1ccc2c(c1)OCCO2. The lowest BCUT2D eigenvalue weighted by Crippen LogP contribution is -2.56. The minimum atomic E-state index is -2.51. The Balaban J connectivity index is 1.36. The Labute approximate surface area is 217 Å². The topological polar surface area (TPSA) is 86.6 Å². The van der Waals surface area contributed by atoms with Crippen molar-refractivity contribution in [3.8, 4) is 11.5 Å². The van der Waals surface area contributed by atoms with Gasteiger partial charge >= 0.3 is 5.97 Å². The van der Waals surface area contributed by atoms with Gasteiger partial charge in [-0.3, -0.25) is 4.74 Å². The molecule has 0 aromatic heterocycles. The minimum Gasteiger partial charge on any atom is -0.486 e. The molecule has 0 bridgehead atoms. The molecule has 7 nitrogen and oxygen atoms in total. The molecule has 7 heteroatoms. The highest BCUT2D eigenvalue weighted by Gasteiger charge is 2.52. The fraction of sp³-hybridized carbons (Fsp3) is 0.400. The highest BCUT2D eigenvalue weighted by molar-refractivity contribution is 5.46. The number of benzene rings is 3. The summed E-state index contributed by atoms with van der Waals surface area (Å²) >= 11 is 0. The van der Waals surface area contributed by atoms with Gasteiger partial charge in [-0.15, -0.1) is 0 Å². The molecule has 0 radical (unpaired) electrons. The van der Waals surface area contributed by atoms with Crippen LogP contribution < -0.4 is 9.47 Å². The molecule has 2 N–H and O–H groups in total. The zero-order valence-electron chi connectivity index (χ0n) is 21.3. The molecule has 1 fully saturated rings. The van der Waals surface area contributed by atoms with Crippen molar-refractivity contribution >= 4 is 0 Å². The van der Waals surface area contributed by atoms with E-state index in [1.54, 1.807) is 0 Å². The molecule has 0 aliphatic carbocycles. The fourth-order valence-electron chi connectivity index (χ4n) is 5.09. The van der Waals surface area contributed by atoms with Crippen LogP contribution in [-0.2, 0) is 39.4 Å². The van der Waals surface area contributed by atoms with Crippen LogP contribution in [0.15, 0.2) is 66.7 Å². The zero-order chi connectivity index (χ0) is 25.9. The van der Waals surface area contributed by atoms with Crippen LogP contribution in [-0.4, -0.2) is 42.6 Å². The number of fused-ring (bicyclic) bond motifs is 1. The van der Waals surface area contributed by atoms with Crippen molar-refractivity contribution in [1.82, 2.24) is 0 Å². The maximum atomic E-state index is 10.9. The zero-order valence-corrected chi connectivity index (χ0v) is 21.3. The maximum absolute atomic E-state index is 10.9. The van der Waals surface area contributed by atoms with Crippen molar-refractivity contribution in [3.63, 3.8) is 0 Å². The molecule has 2 heterocycles. The average molecular weight is 507 g/mol. The Morgan fingerprint density at radius 2 is 1.68 bits per heavy atom. The summed E-state index contributed by atoms with van der Waals surface area (Å²) in [6.45, 7) is 3.47. The van der Waals surface area contributed by atoms with Crippen molar-refractivity contribution in [2.75, 3.05) is 20.3 Å². The van der Waals surface area contributed by atoms with Crippen molar-refractivity contribution < 1.29 is 33.9 Å². The number of aryl methyl sites for hydroxylation is 1. The van der Waals surface area contributed by atoms with Gasteiger partial charge in [0.2, 0.25) is 0 Å². The van der Waals surface area contributed by atoms with Crippen molar-refractivity contribution in [3.05, 3.63) is 94.5 Å². The van der Waals surface area contributed by atoms with E-state index in [9.17, 15) is 10.2 Å². The van der Waals surface area contributed by atoms with Crippen LogP contribution in [0, 0.1) is 0 Å². The van der Waals surface area contributed by atoms with Crippen LogP contribution >= 0.6 is 0 Å². The number of methoxy groups -OCH3 is 1. The molecule has 37 heavy (non-hydrogen) atoms. The van der Waals surface area contributed by atoms with Crippen LogP contribution in [0.4, 0.5) is 0 Å². The lowest BCUT2D eigenvalue weighted by atomic mass is 9.89. The molecule has 2 unspecified atom stereocenters. The first-order chi connectivity index (χ1) is 17.9. The average Bonchev–Trinajstić information content (AvgIpc) is 2.92. The number of hydrogen-bond acceptors (Lipinski definition) is 7. The highest BCUT2D eigenvalue weighted by Crippen LogP contribution is 2.43. The third-order valence-corrected chi connectivity index (χ3v) is 7.12. The summed E-state index contributed by atoms with van der Waals surface area (Å²) in [4.78, 5) is 0. The predicted molar refractivity (Wildman–Crippen MR) is 137 cm³/mol. The monoisotopic (exact) mass is 506 g/mol. The smallest absolute Gasteiger partial charge is 0.308 e. The van der Waals surface area contributed by atoms with Gasteiger partial charge in [-0.1, -0.05) is 55.5 Å². The first-order valence-electron chi connectivity index (χ1n) is 12.8. The van der Waals surface area contributed by atoms with E-state index in [1.807, 2.05) is 60.7 Å². The van der Waals surface area contributed by atoms with Crippen LogP contribution in [0.2, 0.25) is 0 Å². The Hall–Kier alpha value is -2.94. The fourth-order valence-corrected chi connectivity index (χ4v) is 5.09. The normalized spacial score (nSPS) is 22.5. The molecule has 0 amide bonds. The second kappa shape index (κ2) is 10.8. The first kappa shape index (κ1) is 25.7. The molecule has 2 atom stereocenters. The highest BCUT2D eigenvalue weighted by atomic mass is 16.8. The molecule has 0 spiro atoms. The molecular weight excluding hydrogens is 472 g/mol. The van der Waals surface area contributed by atoms with E-state index < -0.39 is 17.9 Å². The van der Waals surface area contributed by atoms with Crippen molar-refractivity contribution in [2.24, 2.45) is 0 Å². The van der Waals surface area contributed by atoms with Gasteiger partial charge in [0.15, 0.2) is 17.3 Å². The molecule has 0 saturated carbocycles. The van der Waals surface area contributed by atoms with Gasteiger partial charge in [-0.05, 0) is 59.7 Å². The van der Waals surface area contributed by atoms with Gasteiger partial charge in [0.25, 0.3) is 0 Å². The third kappa shape index (κ3) is 5.51. The summed E-state index contributed by atoms with van der Waals surface area (Å²) in [5, 5.41) is 21.7. The minimum absolute atomic E-state index is 0.253. The quantitative estimate of drug-likeness (QED) is 0.437. The number of ether oxygens (including phenoxy) is 5.